The number of pyridine rings is 3. The highest BCUT2D eigenvalue weighted by molar-refractivity contribution is 14.1. The molecule has 23 heteroatoms. The molecule has 0 radical (unpaired) electrons. The number of nitrogens with one attached hydrogen (secondary N) is 3. The van der Waals surface area contributed by atoms with E-state index in [1.165, 1.54) is 23.9 Å². The van der Waals surface area contributed by atoms with E-state index >= 15 is 0 Å². The smallest absolute Gasteiger partial charge is 0.497 e. The van der Waals surface area contributed by atoms with Gasteiger partial charge in [-0.1, -0.05) is 18.2 Å². The fourth-order valence-corrected chi connectivity index (χ4v) is 10.7. The first-order valence-electron chi connectivity index (χ1n) is 23.5. The van der Waals surface area contributed by atoms with Crippen LogP contribution in [0.15, 0.2) is 151 Å². The Balaban J connectivity index is 0.000000121. The Labute approximate surface area is 474 Å². The number of anilines is 1. The Morgan fingerprint density at radius 1 is 0.633 bits per heavy atom. The molecule has 0 fully saturated rings. The summed E-state index contributed by atoms with van der Waals surface area (Å²) >= 11 is 4.41. The Kier molecular flexibility index (Phi) is 15.2. The van der Waals surface area contributed by atoms with Gasteiger partial charge in [0.25, 0.3) is 17.7 Å². The zero-order valence-electron chi connectivity index (χ0n) is 41.7. The lowest BCUT2D eigenvalue weighted by atomic mass is 10.0. The molecule has 2 aliphatic heterocycles. The lowest BCUT2D eigenvalue weighted by Crippen LogP contribution is -2.28. The molecule has 400 valence electrons. The first kappa shape index (κ1) is 54.1. The fourth-order valence-electron chi connectivity index (χ4n) is 9.02. The molecule has 2 aliphatic rings. The van der Waals surface area contributed by atoms with Crippen molar-refractivity contribution in [3.05, 3.63) is 165 Å². The minimum Gasteiger partial charge on any atom is -0.497 e. The molecule has 0 spiro atoms. The second-order valence-electron chi connectivity index (χ2n) is 17.2. The van der Waals surface area contributed by atoms with Crippen LogP contribution in [0.3, 0.4) is 0 Å². The Morgan fingerprint density at radius 3 is 1.81 bits per heavy atom. The van der Waals surface area contributed by atoms with Gasteiger partial charge in [0.15, 0.2) is 0 Å². The lowest BCUT2D eigenvalue weighted by Gasteiger charge is -2.11. The summed E-state index contributed by atoms with van der Waals surface area (Å²) in [5, 5.41) is 8.58. The summed E-state index contributed by atoms with van der Waals surface area (Å²) in [7, 11) is 0.624. The predicted octanol–water partition coefficient (Wildman–Crippen LogP) is 12.3. The molecule has 3 N–H and O–H groups in total. The number of dihydropyridines is 1. The van der Waals surface area contributed by atoms with Crippen molar-refractivity contribution < 1.29 is 54.3 Å². The molecule has 1 unspecified atom stereocenters. The van der Waals surface area contributed by atoms with Crippen LogP contribution < -0.4 is 28.4 Å². The molecule has 0 bridgehead atoms. The molecule has 11 aromatic rings. The van der Waals surface area contributed by atoms with Crippen LogP contribution in [0.1, 0.15) is 15.9 Å². The lowest BCUT2D eigenvalue weighted by molar-refractivity contribution is -0.117. The maximum Gasteiger partial charge on any atom is 0.534 e. The number of aliphatic imine (C=N–C) groups is 1. The van der Waals surface area contributed by atoms with E-state index in [0.717, 1.165) is 80.5 Å². The van der Waals surface area contributed by atoms with Crippen LogP contribution in [-0.2, 0) is 14.9 Å². The van der Waals surface area contributed by atoms with Gasteiger partial charge < -0.3 is 38.4 Å². The van der Waals surface area contributed by atoms with E-state index in [2.05, 4.69) is 84.6 Å². The monoisotopic (exact) mass is 1310 g/mol. The molecule has 1 amide bonds. The molecule has 13 rings (SSSR count). The van der Waals surface area contributed by atoms with Crippen LogP contribution in [-0.4, -0.2) is 95.9 Å². The molecule has 1 atom stereocenters. The van der Waals surface area contributed by atoms with Crippen molar-refractivity contribution in [3.63, 3.8) is 0 Å². The van der Waals surface area contributed by atoms with Crippen molar-refractivity contribution in [1.82, 2.24) is 29.5 Å². The summed E-state index contributed by atoms with van der Waals surface area (Å²) in [4.78, 5) is 46.9. The molecule has 0 saturated heterocycles. The van der Waals surface area contributed by atoms with Crippen molar-refractivity contribution in [2.45, 2.75) is 11.6 Å². The van der Waals surface area contributed by atoms with Crippen LogP contribution in [0.2, 0.25) is 0 Å². The van der Waals surface area contributed by atoms with E-state index in [9.17, 15) is 31.2 Å². The number of methoxy groups -OCH3 is 4. The van der Waals surface area contributed by atoms with Gasteiger partial charge in [0, 0.05) is 85.0 Å². The van der Waals surface area contributed by atoms with Crippen LogP contribution in [0.25, 0.3) is 71.0 Å². The predicted molar refractivity (Wildman–Crippen MR) is 313 cm³/mol. The number of H-pyrrole nitrogens is 2. The summed E-state index contributed by atoms with van der Waals surface area (Å²) in [5.74, 6) is 2.09. The highest BCUT2D eigenvalue weighted by Crippen LogP contribution is 2.40. The van der Waals surface area contributed by atoms with Crippen LogP contribution in [0.4, 0.5) is 18.9 Å². The summed E-state index contributed by atoms with van der Waals surface area (Å²) in [6, 6.07) is 36.9. The number of benzene rings is 5. The first-order chi connectivity index (χ1) is 38.0. The van der Waals surface area contributed by atoms with Gasteiger partial charge in [0.05, 0.1) is 45.0 Å². The summed E-state index contributed by atoms with van der Waals surface area (Å²) < 4.78 is 88.2. The number of aromatic amines is 2. The summed E-state index contributed by atoms with van der Waals surface area (Å²) in [6.07, 6.45) is 8.17. The van der Waals surface area contributed by atoms with E-state index in [-0.39, 0.29) is 23.4 Å². The number of halogens is 5. The molecule has 0 aliphatic carbocycles. The van der Waals surface area contributed by atoms with Gasteiger partial charge in [0.1, 0.15) is 42.0 Å². The molecule has 0 saturated carbocycles. The highest BCUT2D eigenvalue weighted by atomic mass is 127. The van der Waals surface area contributed by atoms with Crippen molar-refractivity contribution >= 4 is 150 Å². The van der Waals surface area contributed by atoms with E-state index in [4.69, 9.17) is 18.9 Å². The van der Waals surface area contributed by atoms with Gasteiger partial charge in [-0.05, 0) is 160 Å². The number of carbonyl (C=O) groups is 2. The molecule has 8 heterocycles. The van der Waals surface area contributed by atoms with Gasteiger partial charge in [-0.2, -0.15) is 21.6 Å². The third-order valence-corrected chi connectivity index (χ3v) is 15.3. The van der Waals surface area contributed by atoms with Gasteiger partial charge in [-0.3, -0.25) is 14.2 Å². The summed E-state index contributed by atoms with van der Waals surface area (Å²) in [6.45, 7) is 0. The third kappa shape index (κ3) is 10.6. The number of alkyl halides is 3. The number of allylic oxidation sites excluding steroid dienone is 1. The van der Waals surface area contributed by atoms with E-state index in [1.807, 2.05) is 109 Å². The van der Waals surface area contributed by atoms with E-state index in [1.54, 1.807) is 56.5 Å². The highest BCUT2D eigenvalue weighted by Gasteiger charge is 2.49. The van der Waals surface area contributed by atoms with Crippen LogP contribution in [0.5, 0.6) is 28.9 Å². The third-order valence-electron chi connectivity index (χ3n) is 12.8. The minimum atomic E-state index is -5.80. The number of ether oxygens (including phenoxy) is 4. The number of amides is 1. The van der Waals surface area contributed by atoms with E-state index < -0.39 is 21.5 Å². The minimum absolute atomic E-state index is 0.0450. The average molecular weight is 1310 g/mol. The van der Waals surface area contributed by atoms with Crippen molar-refractivity contribution in [2.75, 3.05) is 33.8 Å². The average Bonchev–Trinajstić information content (AvgIpc) is 4.33. The first-order valence-corrected chi connectivity index (χ1v) is 27.1. The molecule has 79 heavy (non-hydrogen) atoms. The van der Waals surface area contributed by atoms with Gasteiger partial charge in [-0.25, -0.2) is 19.9 Å². The fraction of sp³-hybridized carbons (Fsp3) is 0.107. The standard InChI is InChI=1S/C19H13IN2O2.C13H9F3N2O4S.C12H9IN2O.C12H10N2O2/c1-24-13-7-8-16-15(11-13)14-9-10-21-18(20)17(14)22(16)19(23)12-5-3-2-4-6-12;1-21-7-2-3-10-9(6-7)8-4-5-17-12(11(8)18-10)22-23(19,20)13(14,15)16;1-16-7-2-3-10-9(6-7)8-4-5-14-12(13)11(8)15-10;1-16-7-2-3-10-9(6-7)8-4-5-13-12(15)11(8)14-10/h2-11H,1H3;2-6,18H,1H3;2-6,15H,1H3;2-6,11,14H,1H3. The number of nitrogens with zero attached hydrogens (tertiary/aromatic N) is 5. The molecule has 5 aromatic carbocycles. The number of rotatable bonds is 7. The van der Waals surface area contributed by atoms with Crippen LogP contribution >= 0.6 is 45.2 Å². The Morgan fingerprint density at radius 2 is 1.18 bits per heavy atom. The van der Waals surface area contributed by atoms with Gasteiger partial charge in [0.2, 0.25) is 0 Å². The maximum absolute atomic E-state index is 13.1. The van der Waals surface area contributed by atoms with E-state index in [0.29, 0.717) is 27.6 Å². The molecule has 6 aromatic heterocycles. The van der Waals surface area contributed by atoms with Crippen molar-refractivity contribution in [3.8, 4) is 28.9 Å². The normalized spacial score (nSPS) is 13.6. The number of aromatic nitrogens is 6. The number of fused-ring (bicyclic) bond motifs is 12. The van der Waals surface area contributed by atoms with Gasteiger partial charge >= 0.3 is 15.6 Å². The quantitative estimate of drug-likeness (QED) is 0.0587. The van der Waals surface area contributed by atoms with Crippen molar-refractivity contribution in [1.29, 1.82) is 0 Å². The van der Waals surface area contributed by atoms with Crippen molar-refractivity contribution in [2.24, 2.45) is 4.99 Å². The number of hydrogen-bond donors (Lipinski definition) is 3. The second kappa shape index (κ2) is 22.2. The van der Waals surface area contributed by atoms with Crippen LogP contribution in [0, 0.1) is 7.40 Å². The van der Waals surface area contributed by atoms with Gasteiger partial charge in [-0.15, -0.1) is 0 Å². The Bertz CT molecular complexity index is 4380. The summed E-state index contributed by atoms with van der Waals surface area (Å²) in [5.41, 5.74) is 2.55. The molecular formula is C56H41F3I2N8O9S. The second-order valence-corrected chi connectivity index (χ2v) is 20.8. The molecular weight excluding hydrogens is 1270 g/mol. The SMILES string of the molecule is COc1ccc2[nH]c3c(I)nccc3c2c1.COc1ccc2[nH]c3c(OS(=O)(=O)C(F)(F)F)nccc3c2c1.COc1ccc2c(c1)C1=CC=NC(=O)C1N2.COc1ccc2c(c1)c1ccnc(I)c1n2C(=O)c1ccccc1. The zero-order chi connectivity index (χ0) is 55.8. The maximum atomic E-state index is 13.1. The largest absolute Gasteiger partial charge is 0.534 e. The number of hydrogen-bond acceptors (Lipinski definition) is 13. The molecule has 17 nitrogen and oxygen atoms in total. The Hall–Kier alpha value is -8.30. The zero-order valence-corrected chi connectivity index (χ0v) is 46.9. The number of carbonyl (C=O) groups excluding carboxylic acids is 2. The topological polar surface area (TPSA) is 214 Å².